The summed E-state index contributed by atoms with van der Waals surface area (Å²) in [6.45, 7) is 12.0. The molecule has 0 bridgehead atoms. The van der Waals surface area contributed by atoms with E-state index in [-0.39, 0.29) is 6.09 Å². The number of benzene rings is 2. The van der Waals surface area contributed by atoms with Crippen LogP contribution in [0.15, 0.2) is 54.7 Å². The topological polar surface area (TPSA) is 40.5 Å². The smallest absolute Gasteiger partial charge is 0.419 e. The van der Waals surface area contributed by atoms with Crippen molar-refractivity contribution in [3.05, 3.63) is 65.9 Å². The third-order valence-corrected chi connectivity index (χ3v) is 3.81. The molecular formula is C23H29NO3. The minimum atomic E-state index is -0.539. The number of ether oxygens (including phenoxy) is 2. The van der Waals surface area contributed by atoms with Gasteiger partial charge in [-0.2, -0.15) is 0 Å². The molecule has 0 saturated heterocycles. The van der Waals surface area contributed by atoms with E-state index in [0.29, 0.717) is 6.61 Å². The predicted octanol–water partition coefficient (Wildman–Crippen LogP) is 6.34. The molecule has 0 atom stereocenters. The van der Waals surface area contributed by atoms with Crippen molar-refractivity contribution in [1.29, 1.82) is 0 Å². The van der Waals surface area contributed by atoms with Crippen molar-refractivity contribution >= 4 is 17.0 Å². The largest absolute Gasteiger partial charge is 0.488 e. The summed E-state index contributed by atoms with van der Waals surface area (Å²) in [7, 11) is 0. The molecule has 144 valence electrons. The molecule has 4 nitrogen and oxygen atoms in total. The number of fused-ring (bicyclic) bond motifs is 1. The molecule has 0 amide bonds. The zero-order valence-corrected chi connectivity index (χ0v) is 17.1. The number of hydrogen-bond acceptors (Lipinski definition) is 3. The highest BCUT2D eigenvalue weighted by Gasteiger charge is 2.21. The van der Waals surface area contributed by atoms with Crippen molar-refractivity contribution in [2.75, 3.05) is 0 Å². The van der Waals surface area contributed by atoms with Gasteiger partial charge in [0.2, 0.25) is 0 Å². The molecule has 0 fully saturated rings. The third kappa shape index (κ3) is 5.13. The second-order valence-corrected chi connectivity index (χ2v) is 7.09. The number of aryl methyl sites for hydroxylation is 1. The van der Waals surface area contributed by atoms with Crippen LogP contribution in [0.3, 0.4) is 0 Å². The van der Waals surface area contributed by atoms with Crippen molar-refractivity contribution in [3.8, 4) is 5.75 Å². The minimum absolute atomic E-state index is 0.384. The first-order valence-electron chi connectivity index (χ1n) is 9.36. The van der Waals surface area contributed by atoms with Crippen LogP contribution in [0.2, 0.25) is 0 Å². The van der Waals surface area contributed by atoms with Gasteiger partial charge in [0.25, 0.3) is 0 Å². The van der Waals surface area contributed by atoms with Gasteiger partial charge in [-0.3, -0.25) is 4.57 Å². The van der Waals surface area contributed by atoms with E-state index in [1.807, 2.05) is 90.1 Å². The lowest BCUT2D eigenvalue weighted by Gasteiger charge is -2.19. The Kier molecular flexibility index (Phi) is 6.67. The van der Waals surface area contributed by atoms with Crippen LogP contribution < -0.4 is 4.74 Å². The van der Waals surface area contributed by atoms with Crippen molar-refractivity contribution < 1.29 is 14.3 Å². The Hall–Kier alpha value is -2.75. The third-order valence-electron chi connectivity index (χ3n) is 3.81. The molecule has 0 aliphatic carbocycles. The number of carbonyl (C=O) groups is 1. The molecule has 0 aliphatic heterocycles. The summed E-state index contributed by atoms with van der Waals surface area (Å²) in [5.74, 6) is 0.765. The van der Waals surface area contributed by atoms with E-state index in [9.17, 15) is 4.79 Å². The van der Waals surface area contributed by atoms with Crippen molar-refractivity contribution in [2.45, 2.75) is 53.8 Å². The lowest BCUT2D eigenvalue weighted by atomic mass is 10.1. The standard InChI is InChI=1S/C21H23NO3.C2H6/c1-15-13-22(20(23)25-21(2,3)4)17-11-8-12-18(19(15)17)24-14-16-9-6-5-7-10-16;1-2/h5-13H,14H2,1-4H3;1-2H3. The van der Waals surface area contributed by atoms with E-state index >= 15 is 0 Å². The maximum absolute atomic E-state index is 12.5. The van der Waals surface area contributed by atoms with Crippen LogP contribution in [-0.2, 0) is 11.3 Å². The fraction of sp³-hybridized carbons (Fsp3) is 0.348. The Bertz CT molecular complexity index is 889. The molecule has 0 saturated carbocycles. The Balaban J connectivity index is 0.00000126. The van der Waals surface area contributed by atoms with Crippen LogP contribution in [0.5, 0.6) is 5.75 Å². The Morgan fingerprint density at radius 1 is 1.00 bits per heavy atom. The molecule has 1 heterocycles. The Morgan fingerprint density at radius 2 is 1.67 bits per heavy atom. The van der Waals surface area contributed by atoms with Crippen LogP contribution in [-0.4, -0.2) is 16.3 Å². The van der Waals surface area contributed by atoms with E-state index in [1.165, 1.54) is 0 Å². The van der Waals surface area contributed by atoms with Crippen LogP contribution in [0.25, 0.3) is 10.9 Å². The van der Waals surface area contributed by atoms with Crippen LogP contribution >= 0.6 is 0 Å². The van der Waals surface area contributed by atoms with Crippen molar-refractivity contribution in [2.24, 2.45) is 0 Å². The average molecular weight is 367 g/mol. The second-order valence-electron chi connectivity index (χ2n) is 7.09. The molecule has 2 aromatic carbocycles. The first-order valence-corrected chi connectivity index (χ1v) is 9.36. The molecule has 4 heteroatoms. The maximum atomic E-state index is 12.5. The maximum Gasteiger partial charge on any atom is 0.419 e. The highest BCUT2D eigenvalue weighted by molar-refractivity contribution is 5.95. The van der Waals surface area contributed by atoms with Gasteiger partial charge in [0.05, 0.1) is 5.52 Å². The number of hydrogen-bond donors (Lipinski definition) is 0. The molecule has 0 radical (unpaired) electrons. The SMILES string of the molecule is CC.Cc1cn(C(=O)OC(C)(C)C)c2cccc(OCc3ccccc3)c12. The van der Waals surface area contributed by atoms with E-state index < -0.39 is 5.60 Å². The van der Waals surface area contributed by atoms with E-state index in [2.05, 4.69) is 0 Å². The molecule has 3 aromatic rings. The van der Waals surface area contributed by atoms with Gasteiger partial charge in [-0.1, -0.05) is 50.2 Å². The summed E-state index contributed by atoms with van der Waals surface area (Å²) in [4.78, 5) is 12.5. The van der Waals surface area contributed by atoms with E-state index in [0.717, 1.165) is 27.8 Å². The lowest BCUT2D eigenvalue weighted by Crippen LogP contribution is -2.26. The first-order chi connectivity index (χ1) is 12.8. The lowest BCUT2D eigenvalue weighted by molar-refractivity contribution is 0.0544. The van der Waals surface area contributed by atoms with E-state index in [1.54, 1.807) is 10.8 Å². The number of nitrogens with zero attached hydrogens (tertiary/aromatic N) is 1. The minimum Gasteiger partial charge on any atom is -0.488 e. The van der Waals surface area contributed by atoms with Gasteiger partial charge < -0.3 is 9.47 Å². The van der Waals surface area contributed by atoms with E-state index in [4.69, 9.17) is 9.47 Å². The molecule has 27 heavy (non-hydrogen) atoms. The Morgan fingerprint density at radius 3 is 2.30 bits per heavy atom. The van der Waals surface area contributed by atoms with Gasteiger partial charge >= 0.3 is 6.09 Å². The predicted molar refractivity (Wildman–Crippen MR) is 110 cm³/mol. The van der Waals surface area contributed by atoms with Gasteiger partial charge in [-0.25, -0.2) is 4.79 Å². The quantitative estimate of drug-likeness (QED) is 0.542. The fourth-order valence-electron chi connectivity index (χ4n) is 2.76. The molecule has 3 rings (SSSR count). The molecule has 0 unspecified atom stereocenters. The fourth-order valence-corrected chi connectivity index (χ4v) is 2.76. The molecule has 0 N–H and O–H groups in total. The Labute approximate surface area is 161 Å². The van der Waals surface area contributed by atoms with Crippen LogP contribution in [0.4, 0.5) is 4.79 Å². The number of rotatable bonds is 3. The molecule has 0 aliphatic rings. The summed E-state index contributed by atoms with van der Waals surface area (Å²) in [6.07, 6.45) is 1.42. The monoisotopic (exact) mass is 367 g/mol. The summed E-state index contributed by atoms with van der Waals surface area (Å²) >= 11 is 0. The number of carbonyl (C=O) groups excluding carboxylic acids is 1. The van der Waals surface area contributed by atoms with Gasteiger partial charge in [0.1, 0.15) is 18.0 Å². The summed E-state index contributed by atoms with van der Waals surface area (Å²) in [6, 6.07) is 15.7. The highest BCUT2D eigenvalue weighted by Crippen LogP contribution is 2.31. The summed E-state index contributed by atoms with van der Waals surface area (Å²) in [5, 5.41) is 0.935. The summed E-state index contributed by atoms with van der Waals surface area (Å²) < 4.78 is 13.1. The van der Waals surface area contributed by atoms with Gasteiger partial charge in [-0.05, 0) is 51.0 Å². The van der Waals surface area contributed by atoms with Crippen molar-refractivity contribution in [3.63, 3.8) is 0 Å². The van der Waals surface area contributed by atoms with Crippen LogP contribution in [0.1, 0.15) is 45.7 Å². The zero-order chi connectivity index (χ0) is 20.0. The number of aromatic nitrogens is 1. The van der Waals surface area contributed by atoms with Crippen LogP contribution in [0, 0.1) is 6.92 Å². The molecule has 1 aromatic heterocycles. The van der Waals surface area contributed by atoms with Gasteiger partial charge in [0, 0.05) is 11.6 Å². The normalized spacial score (nSPS) is 10.9. The first kappa shape index (κ1) is 20.6. The van der Waals surface area contributed by atoms with Gasteiger partial charge in [-0.15, -0.1) is 0 Å². The second kappa shape index (κ2) is 8.76. The zero-order valence-electron chi connectivity index (χ0n) is 17.1. The average Bonchev–Trinajstić information content (AvgIpc) is 2.99. The molecule has 0 spiro atoms. The highest BCUT2D eigenvalue weighted by atomic mass is 16.6. The van der Waals surface area contributed by atoms with Crippen molar-refractivity contribution in [1.82, 2.24) is 4.57 Å². The van der Waals surface area contributed by atoms with Gasteiger partial charge in [0.15, 0.2) is 0 Å². The molecular weight excluding hydrogens is 338 g/mol. The summed E-state index contributed by atoms with van der Waals surface area (Å²) in [5.41, 5.74) is 2.33.